The van der Waals surface area contributed by atoms with Gasteiger partial charge in [0.15, 0.2) is 0 Å². The number of sulfonamides is 1. The van der Waals surface area contributed by atoms with Gasteiger partial charge >= 0.3 is 0 Å². The Kier molecular flexibility index (Phi) is 7.92. The first-order valence-electron chi connectivity index (χ1n) is 11.3. The molecule has 3 rings (SSSR count). The van der Waals surface area contributed by atoms with Crippen LogP contribution < -0.4 is 5.32 Å². The first kappa shape index (κ1) is 24.9. The zero-order valence-electron chi connectivity index (χ0n) is 19.8. The van der Waals surface area contributed by atoms with Crippen molar-refractivity contribution < 1.29 is 18.0 Å². The average molecular weight is 472 g/mol. The predicted octanol–water partition coefficient (Wildman–Crippen LogP) is 2.93. The first-order valence-corrected chi connectivity index (χ1v) is 12.8. The van der Waals surface area contributed by atoms with Gasteiger partial charge in [-0.25, -0.2) is 8.42 Å². The van der Waals surface area contributed by atoms with Crippen LogP contribution in [0.1, 0.15) is 42.0 Å². The monoisotopic (exact) mass is 471 g/mol. The summed E-state index contributed by atoms with van der Waals surface area (Å²) in [6.07, 6.45) is 1.04. The molecule has 1 aliphatic heterocycles. The molecule has 0 radical (unpaired) electrons. The fraction of sp³-hybridized carbons (Fsp3) is 0.440. The number of carbonyl (C=O) groups excluding carboxylic acids is 2. The highest BCUT2D eigenvalue weighted by atomic mass is 32.2. The van der Waals surface area contributed by atoms with E-state index in [1.54, 1.807) is 18.7 Å². The molecule has 7 nitrogen and oxygen atoms in total. The number of nitrogens with one attached hydrogen (secondary N) is 1. The molecule has 2 aromatic carbocycles. The maximum Gasteiger partial charge on any atom is 0.244 e. The molecule has 0 bridgehead atoms. The maximum absolute atomic E-state index is 13.5. The zero-order chi connectivity index (χ0) is 24.2. The summed E-state index contributed by atoms with van der Waals surface area (Å²) < 4.78 is 28.2. The standard InChI is InChI=1S/C25H33N3O4S/c1-5-27(17-21-10-7-6-8-11-21)23(29)16-26-25(30)22-12-9-13-28(22)33(31,32)24-19(3)14-18(2)15-20(24)4/h6-8,10-11,14-15,22H,5,9,12-13,16-17H2,1-4H3,(H,26,30). The highest BCUT2D eigenvalue weighted by molar-refractivity contribution is 7.89. The molecular weight excluding hydrogens is 438 g/mol. The Bertz CT molecular complexity index is 1090. The molecule has 8 heteroatoms. The van der Waals surface area contributed by atoms with Crippen molar-refractivity contribution in [3.8, 4) is 0 Å². The molecule has 0 aliphatic carbocycles. The van der Waals surface area contributed by atoms with E-state index in [4.69, 9.17) is 0 Å². The van der Waals surface area contributed by atoms with Crippen LogP contribution in [-0.2, 0) is 26.2 Å². The summed E-state index contributed by atoms with van der Waals surface area (Å²) in [5.74, 6) is -0.630. The van der Waals surface area contributed by atoms with Crippen LogP contribution in [0.5, 0.6) is 0 Å². The van der Waals surface area contributed by atoms with Crippen LogP contribution in [0.3, 0.4) is 0 Å². The third-order valence-corrected chi connectivity index (χ3v) is 8.26. The molecule has 0 saturated carbocycles. The van der Waals surface area contributed by atoms with E-state index >= 15 is 0 Å². The van der Waals surface area contributed by atoms with E-state index < -0.39 is 22.0 Å². The van der Waals surface area contributed by atoms with Crippen LogP contribution in [0.25, 0.3) is 0 Å². The lowest BCUT2D eigenvalue weighted by Crippen LogP contribution is -2.48. The SMILES string of the molecule is CCN(Cc1ccccc1)C(=O)CNC(=O)C1CCCN1S(=O)(=O)c1c(C)cc(C)cc1C. The average Bonchev–Trinajstić information content (AvgIpc) is 3.26. The van der Waals surface area contributed by atoms with Gasteiger partial charge in [-0.3, -0.25) is 9.59 Å². The van der Waals surface area contributed by atoms with Crippen molar-refractivity contribution in [2.24, 2.45) is 0 Å². The second kappa shape index (κ2) is 10.5. The van der Waals surface area contributed by atoms with Gasteiger partial charge in [0, 0.05) is 19.6 Å². The Hall–Kier alpha value is -2.71. The van der Waals surface area contributed by atoms with Crippen LogP contribution in [0.4, 0.5) is 0 Å². The Balaban J connectivity index is 1.69. The Labute approximate surface area is 196 Å². The molecule has 1 heterocycles. The van der Waals surface area contributed by atoms with Gasteiger partial charge in [-0.05, 0) is 57.2 Å². The van der Waals surface area contributed by atoms with Crippen molar-refractivity contribution in [2.45, 2.75) is 58.0 Å². The summed E-state index contributed by atoms with van der Waals surface area (Å²) in [6, 6.07) is 12.5. The van der Waals surface area contributed by atoms with Crippen molar-refractivity contribution in [1.29, 1.82) is 0 Å². The van der Waals surface area contributed by atoms with Crippen molar-refractivity contribution in [3.63, 3.8) is 0 Å². The molecule has 2 amide bonds. The van der Waals surface area contributed by atoms with E-state index in [0.29, 0.717) is 37.1 Å². The Morgan fingerprint density at radius 2 is 1.73 bits per heavy atom. The molecule has 1 N–H and O–H groups in total. The number of hydrogen-bond acceptors (Lipinski definition) is 4. The molecule has 178 valence electrons. The number of aryl methyl sites for hydroxylation is 3. The number of likely N-dealkylation sites (N-methyl/N-ethyl adjacent to an activating group) is 1. The summed E-state index contributed by atoms with van der Waals surface area (Å²) in [4.78, 5) is 27.6. The molecule has 1 fully saturated rings. The van der Waals surface area contributed by atoms with Gasteiger partial charge in [0.25, 0.3) is 0 Å². The molecule has 2 aromatic rings. The van der Waals surface area contributed by atoms with E-state index in [1.807, 2.05) is 56.3 Å². The van der Waals surface area contributed by atoms with Crippen LogP contribution >= 0.6 is 0 Å². The minimum Gasteiger partial charge on any atom is -0.346 e. The number of rotatable bonds is 8. The highest BCUT2D eigenvalue weighted by Gasteiger charge is 2.40. The molecule has 1 atom stereocenters. The third-order valence-electron chi connectivity index (χ3n) is 6.04. The largest absolute Gasteiger partial charge is 0.346 e. The molecule has 0 aromatic heterocycles. The van der Waals surface area contributed by atoms with Gasteiger partial charge in [-0.15, -0.1) is 0 Å². The fourth-order valence-corrected chi connectivity index (χ4v) is 6.63. The predicted molar refractivity (Wildman–Crippen MR) is 128 cm³/mol. The van der Waals surface area contributed by atoms with E-state index in [0.717, 1.165) is 11.1 Å². The Morgan fingerprint density at radius 3 is 2.33 bits per heavy atom. The second-order valence-electron chi connectivity index (χ2n) is 8.61. The lowest BCUT2D eigenvalue weighted by atomic mass is 10.1. The smallest absolute Gasteiger partial charge is 0.244 e. The summed E-state index contributed by atoms with van der Waals surface area (Å²) >= 11 is 0. The highest BCUT2D eigenvalue weighted by Crippen LogP contribution is 2.30. The van der Waals surface area contributed by atoms with E-state index in [9.17, 15) is 18.0 Å². The number of amides is 2. The van der Waals surface area contributed by atoms with Crippen LogP contribution in [-0.4, -0.2) is 55.1 Å². The minimum atomic E-state index is -3.83. The summed E-state index contributed by atoms with van der Waals surface area (Å²) in [5, 5.41) is 2.68. The van der Waals surface area contributed by atoms with Gasteiger partial charge in [-0.1, -0.05) is 48.0 Å². The third kappa shape index (κ3) is 5.62. The fourth-order valence-electron chi connectivity index (χ4n) is 4.55. The van der Waals surface area contributed by atoms with Gasteiger partial charge in [0.2, 0.25) is 21.8 Å². The molecule has 33 heavy (non-hydrogen) atoms. The quantitative estimate of drug-likeness (QED) is 0.641. The van der Waals surface area contributed by atoms with Gasteiger partial charge in [0.1, 0.15) is 6.04 Å². The van der Waals surface area contributed by atoms with Gasteiger partial charge < -0.3 is 10.2 Å². The number of hydrogen-bond donors (Lipinski definition) is 1. The van der Waals surface area contributed by atoms with Crippen molar-refractivity contribution in [3.05, 3.63) is 64.7 Å². The Morgan fingerprint density at radius 1 is 1.09 bits per heavy atom. The van der Waals surface area contributed by atoms with Crippen LogP contribution in [0.15, 0.2) is 47.4 Å². The van der Waals surface area contributed by atoms with Gasteiger partial charge in [0.05, 0.1) is 11.4 Å². The van der Waals surface area contributed by atoms with Crippen molar-refractivity contribution >= 4 is 21.8 Å². The second-order valence-corrected chi connectivity index (χ2v) is 10.4. The number of carbonyl (C=O) groups is 2. The van der Waals surface area contributed by atoms with Crippen molar-refractivity contribution in [1.82, 2.24) is 14.5 Å². The van der Waals surface area contributed by atoms with E-state index in [2.05, 4.69) is 5.32 Å². The maximum atomic E-state index is 13.5. The van der Waals surface area contributed by atoms with Crippen molar-refractivity contribution in [2.75, 3.05) is 19.6 Å². The molecular formula is C25H33N3O4S. The summed E-state index contributed by atoms with van der Waals surface area (Å²) in [5.41, 5.74) is 3.35. The van der Waals surface area contributed by atoms with Crippen LogP contribution in [0, 0.1) is 20.8 Å². The molecule has 1 unspecified atom stereocenters. The zero-order valence-corrected chi connectivity index (χ0v) is 20.6. The molecule has 1 aliphatic rings. The first-order chi connectivity index (χ1) is 15.6. The molecule has 0 spiro atoms. The lowest BCUT2D eigenvalue weighted by Gasteiger charge is -2.26. The number of benzene rings is 2. The lowest BCUT2D eigenvalue weighted by molar-refractivity contribution is -0.134. The summed E-state index contributed by atoms with van der Waals surface area (Å²) in [6.45, 7) is 8.48. The van der Waals surface area contributed by atoms with Crippen LogP contribution in [0.2, 0.25) is 0 Å². The molecule has 1 saturated heterocycles. The van der Waals surface area contributed by atoms with E-state index in [1.165, 1.54) is 4.31 Å². The normalized spacial score (nSPS) is 16.5. The van der Waals surface area contributed by atoms with Gasteiger partial charge in [-0.2, -0.15) is 4.31 Å². The topological polar surface area (TPSA) is 86.8 Å². The summed E-state index contributed by atoms with van der Waals surface area (Å²) in [7, 11) is -3.83. The number of nitrogens with zero attached hydrogens (tertiary/aromatic N) is 2. The van der Waals surface area contributed by atoms with E-state index in [-0.39, 0.29) is 23.9 Å². The minimum absolute atomic E-state index is 0.160.